The van der Waals surface area contributed by atoms with E-state index in [4.69, 9.17) is 0 Å². The molecule has 196 valence electrons. The number of hydrogen-bond acceptors (Lipinski definition) is 6. The second kappa shape index (κ2) is 13.3. The van der Waals surface area contributed by atoms with E-state index in [1.54, 1.807) is 18.3 Å². The molecule has 1 aliphatic carbocycles. The van der Waals surface area contributed by atoms with E-state index in [1.807, 2.05) is 22.9 Å². The third kappa shape index (κ3) is 7.83. The predicted molar refractivity (Wildman–Crippen MR) is 145 cm³/mol. The van der Waals surface area contributed by atoms with Crippen LogP contribution >= 0.6 is 23.1 Å². The number of rotatable bonds is 7. The molecule has 2 saturated heterocycles. The van der Waals surface area contributed by atoms with Crippen molar-refractivity contribution < 1.29 is 9.59 Å². The molecule has 35 heavy (non-hydrogen) atoms. The lowest BCUT2D eigenvalue weighted by Crippen LogP contribution is -2.54. The molecule has 0 aromatic carbocycles. The Bertz CT molecular complexity index is 810. The fourth-order valence-corrected chi connectivity index (χ4v) is 7.72. The Morgan fingerprint density at radius 3 is 2.34 bits per heavy atom. The molecule has 1 saturated carbocycles. The molecule has 0 radical (unpaired) electrons. The highest BCUT2D eigenvalue weighted by Crippen LogP contribution is 2.33. The van der Waals surface area contributed by atoms with Gasteiger partial charge in [0.1, 0.15) is 0 Å². The molecule has 3 heterocycles. The van der Waals surface area contributed by atoms with E-state index in [2.05, 4.69) is 27.0 Å². The molecule has 7 nitrogen and oxygen atoms in total. The Morgan fingerprint density at radius 2 is 1.69 bits per heavy atom. The number of carbonyl (C=O) groups is 2. The van der Waals surface area contributed by atoms with Gasteiger partial charge in [-0.1, -0.05) is 31.1 Å². The topological polar surface area (TPSA) is 68.8 Å². The number of urea groups is 1. The van der Waals surface area contributed by atoms with Gasteiger partial charge in [0.05, 0.1) is 10.4 Å². The van der Waals surface area contributed by atoms with E-state index in [0.29, 0.717) is 5.13 Å². The molecule has 3 aliphatic rings. The summed E-state index contributed by atoms with van der Waals surface area (Å²) in [5.74, 6) is 1.94. The number of likely N-dealkylation sites (tertiary alicyclic amines) is 2. The van der Waals surface area contributed by atoms with Gasteiger partial charge in [0.15, 0.2) is 5.13 Å². The largest absolute Gasteiger partial charge is 0.343 e. The standard InChI is InChI=1S/C26H43N5O2S2/c1-20-7-9-22(10-8-20)31(23-11-15-30(16-12-23)21(2)32)26(33)28-25-27-19-24(35-25)34-18-17-29-13-5-3-4-6-14-29/h19-20,22-23H,3-18H2,1-2H3,(H,27,28,33)/t20-,22-. The van der Waals surface area contributed by atoms with Crippen molar-refractivity contribution >= 4 is 40.2 Å². The first-order valence-corrected chi connectivity index (χ1v) is 15.5. The quantitative estimate of drug-likeness (QED) is 0.478. The molecule has 3 fully saturated rings. The van der Waals surface area contributed by atoms with Crippen LogP contribution in [0.2, 0.25) is 0 Å². The van der Waals surface area contributed by atoms with Crippen LogP contribution in [0.25, 0.3) is 0 Å². The van der Waals surface area contributed by atoms with Crippen LogP contribution in [0, 0.1) is 5.92 Å². The Morgan fingerprint density at radius 1 is 1.03 bits per heavy atom. The molecule has 0 unspecified atom stereocenters. The summed E-state index contributed by atoms with van der Waals surface area (Å²) in [5, 5.41) is 3.84. The average molecular weight is 522 g/mol. The Labute approximate surface area is 219 Å². The summed E-state index contributed by atoms with van der Waals surface area (Å²) in [6.07, 6.45) is 13.5. The van der Waals surface area contributed by atoms with E-state index in [1.165, 1.54) is 55.8 Å². The molecule has 0 bridgehead atoms. The number of thioether (sulfide) groups is 1. The van der Waals surface area contributed by atoms with Crippen LogP contribution in [0.4, 0.5) is 9.93 Å². The fraction of sp³-hybridized carbons (Fsp3) is 0.808. The lowest BCUT2D eigenvalue weighted by Gasteiger charge is -2.44. The maximum Gasteiger partial charge on any atom is 0.324 e. The molecule has 0 spiro atoms. The number of amides is 3. The fourth-order valence-electron chi connectivity index (χ4n) is 5.78. The predicted octanol–water partition coefficient (Wildman–Crippen LogP) is 5.53. The van der Waals surface area contributed by atoms with Crippen molar-refractivity contribution in [3.63, 3.8) is 0 Å². The van der Waals surface area contributed by atoms with Crippen LogP contribution in [0.3, 0.4) is 0 Å². The zero-order valence-electron chi connectivity index (χ0n) is 21.5. The van der Waals surface area contributed by atoms with E-state index < -0.39 is 0 Å². The number of piperidine rings is 1. The van der Waals surface area contributed by atoms with Crippen LogP contribution in [0.5, 0.6) is 0 Å². The molecule has 1 N–H and O–H groups in total. The van der Waals surface area contributed by atoms with Gasteiger partial charge in [0, 0.05) is 44.4 Å². The first-order chi connectivity index (χ1) is 17.0. The highest BCUT2D eigenvalue weighted by Gasteiger charge is 2.35. The Kier molecular flexibility index (Phi) is 10.2. The van der Waals surface area contributed by atoms with Gasteiger partial charge in [-0.05, 0) is 70.4 Å². The highest BCUT2D eigenvalue weighted by atomic mass is 32.2. The second-order valence-electron chi connectivity index (χ2n) is 10.6. The molecular formula is C26H43N5O2S2. The van der Waals surface area contributed by atoms with Gasteiger partial charge in [-0.25, -0.2) is 9.78 Å². The van der Waals surface area contributed by atoms with E-state index in [0.717, 1.165) is 57.0 Å². The van der Waals surface area contributed by atoms with Crippen LogP contribution in [-0.4, -0.2) is 82.2 Å². The van der Waals surface area contributed by atoms with Crippen molar-refractivity contribution in [1.29, 1.82) is 0 Å². The summed E-state index contributed by atoms with van der Waals surface area (Å²) >= 11 is 3.44. The van der Waals surface area contributed by atoms with Crippen LogP contribution in [0.15, 0.2) is 10.4 Å². The van der Waals surface area contributed by atoms with Crippen molar-refractivity contribution in [2.24, 2.45) is 5.92 Å². The van der Waals surface area contributed by atoms with Crippen molar-refractivity contribution in [2.45, 2.75) is 94.3 Å². The van der Waals surface area contributed by atoms with Gasteiger partial charge < -0.3 is 14.7 Å². The number of aromatic nitrogens is 1. The van der Waals surface area contributed by atoms with Gasteiger partial charge in [-0.2, -0.15) is 0 Å². The van der Waals surface area contributed by atoms with Crippen molar-refractivity contribution in [2.75, 3.05) is 43.8 Å². The first kappa shape index (κ1) is 26.7. The molecule has 1 aromatic heterocycles. The third-order valence-electron chi connectivity index (χ3n) is 7.97. The first-order valence-electron chi connectivity index (χ1n) is 13.7. The Hall–Kier alpha value is -1.32. The number of nitrogens with zero attached hydrogens (tertiary/aromatic N) is 4. The summed E-state index contributed by atoms with van der Waals surface area (Å²) in [4.78, 5) is 36.5. The smallest absolute Gasteiger partial charge is 0.324 e. The monoisotopic (exact) mass is 521 g/mol. The molecule has 4 rings (SSSR count). The van der Waals surface area contributed by atoms with Gasteiger partial charge in [0.25, 0.3) is 0 Å². The van der Waals surface area contributed by atoms with Crippen LogP contribution < -0.4 is 5.32 Å². The zero-order chi connectivity index (χ0) is 24.6. The van der Waals surface area contributed by atoms with E-state index in [9.17, 15) is 9.59 Å². The summed E-state index contributed by atoms with van der Waals surface area (Å²) < 4.78 is 1.17. The third-order valence-corrected chi connectivity index (χ3v) is 10.1. The van der Waals surface area contributed by atoms with Gasteiger partial charge in [-0.15, -0.1) is 11.8 Å². The van der Waals surface area contributed by atoms with Gasteiger partial charge >= 0.3 is 6.03 Å². The molecule has 0 atom stereocenters. The minimum atomic E-state index is -0.0127. The van der Waals surface area contributed by atoms with Gasteiger partial charge in [-0.3, -0.25) is 10.1 Å². The molecule has 3 amide bonds. The molecule has 9 heteroatoms. The number of hydrogen-bond donors (Lipinski definition) is 1. The average Bonchev–Trinajstić information content (AvgIpc) is 3.12. The van der Waals surface area contributed by atoms with Crippen molar-refractivity contribution in [3.05, 3.63) is 6.20 Å². The van der Waals surface area contributed by atoms with Crippen molar-refractivity contribution in [1.82, 2.24) is 19.7 Å². The number of nitrogens with one attached hydrogen (secondary N) is 1. The summed E-state index contributed by atoms with van der Waals surface area (Å²) in [7, 11) is 0. The highest BCUT2D eigenvalue weighted by molar-refractivity contribution is 8.01. The second-order valence-corrected chi connectivity index (χ2v) is 13.0. The Balaban J connectivity index is 1.32. The number of thiazole rings is 1. The van der Waals surface area contributed by atoms with Gasteiger partial charge in [0.2, 0.25) is 5.91 Å². The minimum absolute atomic E-state index is 0.0127. The van der Waals surface area contributed by atoms with E-state index >= 15 is 0 Å². The molecule has 2 aliphatic heterocycles. The SMILES string of the molecule is CC(=O)N1CCC(N(C(=O)Nc2ncc(SCCN3CCCCCC3)s2)[C@H]2CC[C@H](C)CC2)CC1. The lowest BCUT2D eigenvalue weighted by atomic mass is 9.85. The molecule has 1 aromatic rings. The lowest BCUT2D eigenvalue weighted by molar-refractivity contribution is -0.130. The number of anilines is 1. The maximum absolute atomic E-state index is 13.6. The van der Waals surface area contributed by atoms with E-state index in [-0.39, 0.29) is 24.0 Å². The molecular weight excluding hydrogens is 478 g/mol. The summed E-state index contributed by atoms with van der Waals surface area (Å²) in [6.45, 7) is 9.01. The van der Waals surface area contributed by atoms with Crippen LogP contribution in [-0.2, 0) is 4.79 Å². The number of carbonyl (C=O) groups excluding carboxylic acids is 2. The van der Waals surface area contributed by atoms with Crippen molar-refractivity contribution in [3.8, 4) is 0 Å². The summed E-state index contributed by atoms with van der Waals surface area (Å²) in [5.41, 5.74) is 0. The normalized spacial score (nSPS) is 24.7. The van der Waals surface area contributed by atoms with Crippen LogP contribution in [0.1, 0.15) is 78.1 Å². The maximum atomic E-state index is 13.6. The summed E-state index contributed by atoms with van der Waals surface area (Å²) in [6, 6.07) is 0.454. The minimum Gasteiger partial charge on any atom is -0.343 e. The zero-order valence-corrected chi connectivity index (χ0v) is 23.2.